The third kappa shape index (κ3) is 14.8. The van der Waals surface area contributed by atoms with E-state index in [0.29, 0.717) is 12.2 Å². The molecular weight excluding hydrogens is 294 g/mol. The molecule has 0 aromatic heterocycles. The maximum Gasteiger partial charge on any atom is 0.279 e. The summed E-state index contributed by atoms with van der Waals surface area (Å²) in [5.74, 6) is 2.84. The molecule has 0 aromatic carbocycles. The molecule has 0 radical (unpaired) electrons. The summed E-state index contributed by atoms with van der Waals surface area (Å²) in [5, 5.41) is 13.7. The summed E-state index contributed by atoms with van der Waals surface area (Å²) < 4.78 is 0. The van der Waals surface area contributed by atoms with Crippen molar-refractivity contribution in [3.63, 3.8) is 0 Å². The van der Waals surface area contributed by atoms with Crippen molar-refractivity contribution in [2.45, 2.75) is 13.3 Å². The van der Waals surface area contributed by atoms with Gasteiger partial charge in [0.15, 0.2) is 0 Å². The molecule has 0 spiro atoms. The van der Waals surface area contributed by atoms with Crippen LogP contribution in [0.25, 0.3) is 0 Å². The van der Waals surface area contributed by atoms with E-state index in [4.69, 9.17) is 5.11 Å². The van der Waals surface area contributed by atoms with E-state index >= 15 is 0 Å². The van der Waals surface area contributed by atoms with Gasteiger partial charge in [-0.2, -0.15) is 11.8 Å². The van der Waals surface area contributed by atoms with Crippen molar-refractivity contribution in [2.75, 3.05) is 40.6 Å². The molecule has 17 heavy (non-hydrogen) atoms. The van der Waals surface area contributed by atoms with Gasteiger partial charge in [-0.05, 0) is 12.2 Å². The number of hydrogen-bond donors (Lipinski definition) is 2. The van der Waals surface area contributed by atoms with Gasteiger partial charge in [0, 0.05) is 34.8 Å². The Morgan fingerprint density at radius 2 is 1.94 bits per heavy atom. The van der Waals surface area contributed by atoms with Gasteiger partial charge in [0.25, 0.3) is 5.24 Å². The van der Waals surface area contributed by atoms with Crippen molar-refractivity contribution >= 4 is 52.3 Å². The van der Waals surface area contributed by atoms with Crippen LogP contribution >= 0.6 is 47.0 Å². The lowest BCUT2D eigenvalue weighted by molar-refractivity contribution is 0.261. The van der Waals surface area contributed by atoms with E-state index < -0.39 is 0 Å². The lowest BCUT2D eigenvalue weighted by Gasteiger charge is -2.04. The van der Waals surface area contributed by atoms with Gasteiger partial charge in [-0.3, -0.25) is 4.79 Å². The maximum atomic E-state index is 11.2. The zero-order chi connectivity index (χ0) is 12.8. The first-order chi connectivity index (χ1) is 8.31. The lowest BCUT2D eigenvalue weighted by Crippen LogP contribution is -2.21. The Morgan fingerprint density at radius 1 is 1.18 bits per heavy atom. The van der Waals surface area contributed by atoms with Crippen LogP contribution in [0.5, 0.6) is 0 Å². The van der Waals surface area contributed by atoms with Crippen molar-refractivity contribution in [3.05, 3.63) is 0 Å². The summed E-state index contributed by atoms with van der Waals surface area (Å²) in [6.45, 7) is 3.06. The molecule has 0 bridgehead atoms. The highest BCUT2D eigenvalue weighted by Crippen LogP contribution is 2.16. The first-order valence-electron chi connectivity index (χ1n) is 5.56. The van der Waals surface area contributed by atoms with Crippen molar-refractivity contribution in [3.8, 4) is 0 Å². The highest BCUT2D eigenvalue weighted by atomic mass is 32.2. The van der Waals surface area contributed by atoms with E-state index in [1.54, 1.807) is 0 Å². The van der Waals surface area contributed by atoms with Gasteiger partial charge in [-0.15, -0.1) is 23.5 Å². The van der Waals surface area contributed by atoms with Gasteiger partial charge in [0.05, 0.1) is 0 Å². The molecule has 102 valence electrons. The predicted molar refractivity (Wildman–Crippen MR) is 85.5 cm³/mol. The Morgan fingerprint density at radius 3 is 2.65 bits per heavy atom. The summed E-state index contributed by atoms with van der Waals surface area (Å²) >= 11 is 6.99. The summed E-state index contributed by atoms with van der Waals surface area (Å²) in [6.07, 6.45) is 0.679. The van der Waals surface area contributed by atoms with Crippen molar-refractivity contribution in [1.82, 2.24) is 5.32 Å². The Kier molecular flexibility index (Phi) is 15.6. The summed E-state index contributed by atoms with van der Waals surface area (Å²) in [6, 6.07) is 0. The standard InChI is InChI=1S/C10H21NO2S4/c1-2-14-8-16-9-15-7-4-11-10(13)17-6-3-5-12/h12H,2-9H2,1H3,(H,11,13). The van der Waals surface area contributed by atoms with Crippen LogP contribution in [-0.2, 0) is 0 Å². The van der Waals surface area contributed by atoms with Crippen molar-refractivity contribution in [1.29, 1.82) is 0 Å². The molecule has 0 saturated heterocycles. The molecule has 0 saturated carbocycles. The first kappa shape index (κ1) is 17.8. The molecule has 0 fully saturated rings. The Bertz CT molecular complexity index is 184. The van der Waals surface area contributed by atoms with Gasteiger partial charge < -0.3 is 10.4 Å². The van der Waals surface area contributed by atoms with Crippen LogP contribution in [0.15, 0.2) is 0 Å². The second kappa shape index (κ2) is 14.9. The summed E-state index contributed by atoms with van der Waals surface area (Å²) in [7, 11) is 0. The number of rotatable bonds is 11. The fourth-order valence-electron chi connectivity index (χ4n) is 0.800. The van der Waals surface area contributed by atoms with Gasteiger partial charge in [0.1, 0.15) is 0 Å². The third-order valence-electron chi connectivity index (χ3n) is 1.59. The number of thioether (sulfide) groups is 4. The maximum absolute atomic E-state index is 11.2. The minimum atomic E-state index is 0.0215. The monoisotopic (exact) mass is 315 g/mol. The number of hydrogen-bond acceptors (Lipinski definition) is 6. The molecule has 0 heterocycles. The van der Waals surface area contributed by atoms with Gasteiger partial charge in [-0.25, -0.2) is 0 Å². The molecule has 3 nitrogen and oxygen atoms in total. The topological polar surface area (TPSA) is 49.3 Å². The molecule has 0 aliphatic carbocycles. The fraction of sp³-hybridized carbons (Fsp3) is 0.900. The molecule has 0 aromatic rings. The summed E-state index contributed by atoms with van der Waals surface area (Å²) in [5.41, 5.74) is 0. The smallest absolute Gasteiger partial charge is 0.279 e. The van der Waals surface area contributed by atoms with Crippen LogP contribution < -0.4 is 5.32 Å². The highest BCUT2D eigenvalue weighted by molar-refractivity contribution is 8.22. The number of aliphatic hydroxyl groups is 1. The quantitative estimate of drug-likeness (QED) is 0.451. The second-order valence-corrected chi connectivity index (χ2v) is 8.14. The number of carbonyl (C=O) groups is 1. The summed E-state index contributed by atoms with van der Waals surface area (Å²) in [4.78, 5) is 11.2. The van der Waals surface area contributed by atoms with Crippen LogP contribution in [0, 0.1) is 0 Å². The Balaban J connectivity index is 3.08. The molecule has 0 aliphatic rings. The van der Waals surface area contributed by atoms with Gasteiger partial charge >= 0.3 is 0 Å². The van der Waals surface area contributed by atoms with Crippen LogP contribution in [-0.4, -0.2) is 50.9 Å². The molecule has 0 unspecified atom stereocenters. The van der Waals surface area contributed by atoms with Gasteiger partial charge in [-0.1, -0.05) is 18.7 Å². The van der Waals surface area contributed by atoms with E-state index in [1.165, 1.54) is 17.5 Å². The number of nitrogens with one attached hydrogen (secondary N) is 1. The minimum absolute atomic E-state index is 0.0215. The first-order valence-corrected chi connectivity index (χ1v) is 10.0. The van der Waals surface area contributed by atoms with Crippen LogP contribution in [0.1, 0.15) is 13.3 Å². The van der Waals surface area contributed by atoms with E-state index in [0.717, 1.165) is 22.5 Å². The predicted octanol–water partition coefficient (Wildman–Crippen LogP) is 2.95. The van der Waals surface area contributed by atoms with Crippen LogP contribution in [0.3, 0.4) is 0 Å². The molecule has 0 aliphatic heterocycles. The fourth-order valence-corrected chi connectivity index (χ4v) is 4.67. The molecule has 2 N–H and O–H groups in total. The van der Waals surface area contributed by atoms with E-state index in [-0.39, 0.29) is 11.8 Å². The van der Waals surface area contributed by atoms with E-state index in [9.17, 15) is 4.79 Å². The Hall–Kier alpha value is 0.830. The van der Waals surface area contributed by atoms with Crippen LogP contribution in [0.2, 0.25) is 0 Å². The van der Waals surface area contributed by atoms with Crippen molar-refractivity contribution < 1.29 is 9.90 Å². The SMILES string of the molecule is CCSCSCSCCNC(=O)SCCCO. The molecule has 0 atom stereocenters. The second-order valence-electron chi connectivity index (χ2n) is 2.98. The molecule has 0 rings (SSSR count). The average Bonchev–Trinajstić information content (AvgIpc) is 2.33. The number of aliphatic hydroxyl groups excluding tert-OH is 1. The van der Waals surface area contributed by atoms with Gasteiger partial charge in [0.2, 0.25) is 0 Å². The lowest BCUT2D eigenvalue weighted by atomic mass is 10.5. The minimum Gasteiger partial charge on any atom is -0.396 e. The molecule has 7 heteroatoms. The molecular formula is C10H21NO2S4. The van der Waals surface area contributed by atoms with E-state index in [1.807, 2.05) is 35.3 Å². The number of amides is 1. The van der Waals surface area contributed by atoms with E-state index in [2.05, 4.69) is 12.2 Å². The zero-order valence-electron chi connectivity index (χ0n) is 10.1. The van der Waals surface area contributed by atoms with Crippen molar-refractivity contribution in [2.24, 2.45) is 0 Å². The zero-order valence-corrected chi connectivity index (χ0v) is 13.4. The highest BCUT2D eigenvalue weighted by Gasteiger charge is 2.00. The number of carbonyl (C=O) groups excluding carboxylic acids is 1. The third-order valence-corrected chi connectivity index (χ3v) is 6.06. The largest absolute Gasteiger partial charge is 0.396 e. The molecule has 1 amide bonds. The average molecular weight is 316 g/mol. The Labute approximate surface area is 121 Å². The van der Waals surface area contributed by atoms with Crippen LogP contribution in [0.4, 0.5) is 4.79 Å². The normalized spacial score (nSPS) is 10.5.